The highest BCUT2D eigenvalue weighted by atomic mass is 16.5. The van der Waals surface area contributed by atoms with E-state index in [1.807, 2.05) is 6.07 Å². The van der Waals surface area contributed by atoms with E-state index in [4.69, 9.17) is 10.00 Å². The summed E-state index contributed by atoms with van der Waals surface area (Å²) >= 11 is 0. The predicted octanol–water partition coefficient (Wildman–Crippen LogP) is 2.24. The van der Waals surface area contributed by atoms with Crippen molar-refractivity contribution in [1.29, 1.82) is 5.26 Å². The first-order valence-corrected chi connectivity index (χ1v) is 6.68. The van der Waals surface area contributed by atoms with Crippen LogP contribution in [0.15, 0.2) is 24.3 Å². The number of amides is 1. The summed E-state index contributed by atoms with van der Waals surface area (Å²) in [5.41, 5.74) is 0.448. The molecule has 0 aliphatic heterocycles. The topological polar surface area (TPSA) is 62.1 Å². The summed E-state index contributed by atoms with van der Waals surface area (Å²) in [6.07, 6.45) is 4.94. The molecule has 1 aromatic rings. The maximum Gasteiger partial charge on any atom is 0.257 e. The van der Waals surface area contributed by atoms with E-state index >= 15 is 0 Å². The molecule has 100 valence electrons. The monoisotopic (exact) mass is 258 g/mol. The van der Waals surface area contributed by atoms with Gasteiger partial charge in [-0.05, 0) is 30.9 Å². The third-order valence-electron chi connectivity index (χ3n) is 3.17. The average Bonchev–Trinajstić information content (AvgIpc) is 3.26. The van der Waals surface area contributed by atoms with Crippen molar-refractivity contribution in [2.45, 2.75) is 25.7 Å². The second kappa shape index (κ2) is 6.79. The molecule has 1 amide bonds. The summed E-state index contributed by atoms with van der Waals surface area (Å²) in [6, 6.07) is 8.95. The predicted molar refractivity (Wildman–Crippen MR) is 71.6 cm³/mol. The fourth-order valence-corrected chi connectivity index (χ4v) is 1.90. The highest BCUT2D eigenvalue weighted by molar-refractivity contribution is 5.77. The van der Waals surface area contributed by atoms with Crippen LogP contribution in [0.1, 0.15) is 31.2 Å². The molecule has 0 bridgehead atoms. The third-order valence-corrected chi connectivity index (χ3v) is 3.17. The molecule has 4 nitrogen and oxygen atoms in total. The number of benzene rings is 1. The van der Waals surface area contributed by atoms with Gasteiger partial charge in [0.15, 0.2) is 6.61 Å². The van der Waals surface area contributed by atoms with Crippen molar-refractivity contribution in [3.63, 3.8) is 0 Å². The summed E-state index contributed by atoms with van der Waals surface area (Å²) in [5.74, 6) is 1.22. The van der Waals surface area contributed by atoms with Crippen molar-refractivity contribution in [2.75, 3.05) is 13.2 Å². The first kappa shape index (κ1) is 13.4. The molecular weight excluding hydrogens is 240 g/mol. The molecule has 0 aromatic heterocycles. The first-order chi connectivity index (χ1) is 9.29. The van der Waals surface area contributed by atoms with Crippen molar-refractivity contribution in [3.8, 4) is 11.8 Å². The lowest BCUT2D eigenvalue weighted by Crippen LogP contribution is -2.29. The second-order valence-electron chi connectivity index (χ2n) is 4.83. The van der Waals surface area contributed by atoms with Crippen LogP contribution in [0, 0.1) is 17.2 Å². The van der Waals surface area contributed by atoms with Gasteiger partial charge >= 0.3 is 0 Å². The second-order valence-corrected chi connectivity index (χ2v) is 4.83. The normalized spacial score (nSPS) is 13.6. The molecule has 2 rings (SSSR count). The fourth-order valence-electron chi connectivity index (χ4n) is 1.90. The van der Waals surface area contributed by atoms with Gasteiger partial charge < -0.3 is 10.1 Å². The summed E-state index contributed by atoms with van der Waals surface area (Å²) in [4.78, 5) is 11.6. The molecular formula is C15H18N2O2. The summed E-state index contributed by atoms with van der Waals surface area (Å²) < 4.78 is 5.35. The van der Waals surface area contributed by atoms with E-state index in [9.17, 15) is 4.79 Å². The molecule has 1 fully saturated rings. The minimum absolute atomic E-state index is 0.0396. The number of hydrogen-bond donors (Lipinski definition) is 1. The highest BCUT2D eigenvalue weighted by Gasteiger charge is 2.20. The molecule has 19 heavy (non-hydrogen) atoms. The molecule has 0 unspecified atom stereocenters. The Morgan fingerprint density at radius 3 is 2.95 bits per heavy atom. The number of para-hydroxylation sites is 1. The summed E-state index contributed by atoms with van der Waals surface area (Å²) in [6.45, 7) is 0.667. The van der Waals surface area contributed by atoms with Gasteiger partial charge in [0.2, 0.25) is 0 Å². The fraction of sp³-hybridized carbons (Fsp3) is 0.467. The van der Waals surface area contributed by atoms with E-state index in [-0.39, 0.29) is 12.5 Å². The van der Waals surface area contributed by atoms with Gasteiger partial charge in [-0.1, -0.05) is 25.0 Å². The van der Waals surface area contributed by atoms with Crippen molar-refractivity contribution >= 4 is 5.91 Å². The van der Waals surface area contributed by atoms with Crippen LogP contribution in [0.2, 0.25) is 0 Å². The van der Waals surface area contributed by atoms with Crippen molar-refractivity contribution in [3.05, 3.63) is 29.8 Å². The summed E-state index contributed by atoms with van der Waals surface area (Å²) in [5, 5.41) is 11.7. The minimum atomic E-state index is -0.136. The zero-order valence-electron chi connectivity index (χ0n) is 10.9. The maximum absolute atomic E-state index is 11.6. The van der Waals surface area contributed by atoms with Crippen LogP contribution in [0.4, 0.5) is 0 Å². The highest BCUT2D eigenvalue weighted by Crippen LogP contribution is 2.33. The third kappa shape index (κ3) is 4.63. The molecule has 0 saturated heterocycles. The molecule has 0 spiro atoms. The van der Waals surface area contributed by atoms with Crippen LogP contribution in [0.5, 0.6) is 5.75 Å². The Morgan fingerprint density at radius 2 is 2.21 bits per heavy atom. The van der Waals surface area contributed by atoms with Crippen LogP contribution in [-0.2, 0) is 4.79 Å². The molecule has 1 N–H and O–H groups in total. The molecule has 4 heteroatoms. The number of nitrogens with zero attached hydrogens (tertiary/aromatic N) is 1. The molecule has 1 aromatic carbocycles. The largest absolute Gasteiger partial charge is 0.482 e. The smallest absolute Gasteiger partial charge is 0.257 e. The van der Waals surface area contributed by atoms with Gasteiger partial charge in [-0.3, -0.25) is 4.79 Å². The molecule has 0 radical (unpaired) electrons. The van der Waals surface area contributed by atoms with E-state index in [1.165, 1.54) is 19.3 Å². The minimum Gasteiger partial charge on any atom is -0.482 e. The Labute approximate surface area is 113 Å². The van der Waals surface area contributed by atoms with Crippen molar-refractivity contribution in [2.24, 2.45) is 5.92 Å². The SMILES string of the molecule is N#Cc1ccccc1OCC(=O)NCCCC1CC1. The first-order valence-electron chi connectivity index (χ1n) is 6.68. The van der Waals surface area contributed by atoms with Gasteiger partial charge in [0, 0.05) is 6.54 Å². The Morgan fingerprint density at radius 1 is 1.42 bits per heavy atom. The van der Waals surface area contributed by atoms with Gasteiger partial charge in [0.1, 0.15) is 11.8 Å². The number of nitrogens with one attached hydrogen (secondary N) is 1. The Hall–Kier alpha value is -2.02. The zero-order valence-corrected chi connectivity index (χ0v) is 10.9. The lowest BCUT2D eigenvalue weighted by molar-refractivity contribution is -0.123. The van der Waals surface area contributed by atoms with Crippen LogP contribution >= 0.6 is 0 Å². The van der Waals surface area contributed by atoms with E-state index in [1.54, 1.807) is 24.3 Å². The standard InChI is InChI=1S/C15H18N2O2/c16-10-13-5-1-2-6-14(13)19-11-15(18)17-9-3-4-12-7-8-12/h1-2,5-6,12H,3-4,7-9,11H2,(H,17,18). The lowest BCUT2D eigenvalue weighted by Gasteiger charge is -2.08. The lowest BCUT2D eigenvalue weighted by atomic mass is 10.2. The quantitative estimate of drug-likeness (QED) is 0.763. The van der Waals surface area contributed by atoms with Crippen LogP contribution < -0.4 is 10.1 Å². The Balaban J connectivity index is 1.66. The molecule has 0 atom stereocenters. The number of ether oxygens (including phenoxy) is 1. The van der Waals surface area contributed by atoms with Gasteiger partial charge in [-0.25, -0.2) is 0 Å². The van der Waals surface area contributed by atoms with E-state index in [0.717, 1.165) is 12.3 Å². The van der Waals surface area contributed by atoms with E-state index in [0.29, 0.717) is 17.9 Å². The van der Waals surface area contributed by atoms with Crippen molar-refractivity contribution < 1.29 is 9.53 Å². The Bertz CT molecular complexity index is 475. The van der Waals surface area contributed by atoms with E-state index in [2.05, 4.69) is 5.32 Å². The van der Waals surface area contributed by atoms with Crippen LogP contribution in [0.25, 0.3) is 0 Å². The number of carbonyl (C=O) groups excluding carboxylic acids is 1. The van der Waals surface area contributed by atoms with Gasteiger partial charge in [0.25, 0.3) is 5.91 Å². The molecule has 1 aliphatic carbocycles. The van der Waals surface area contributed by atoms with Crippen molar-refractivity contribution in [1.82, 2.24) is 5.32 Å². The summed E-state index contributed by atoms with van der Waals surface area (Å²) in [7, 11) is 0. The Kier molecular flexibility index (Phi) is 4.79. The maximum atomic E-state index is 11.6. The van der Waals surface area contributed by atoms with Crippen LogP contribution in [-0.4, -0.2) is 19.1 Å². The van der Waals surface area contributed by atoms with E-state index < -0.39 is 0 Å². The molecule has 1 saturated carbocycles. The number of rotatable bonds is 7. The van der Waals surface area contributed by atoms with Gasteiger partial charge in [0.05, 0.1) is 5.56 Å². The average molecular weight is 258 g/mol. The zero-order chi connectivity index (χ0) is 13.5. The molecule has 1 aliphatic rings. The number of carbonyl (C=O) groups is 1. The number of hydrogen-bond acceptors (Lipinski definition) is 3. The number of nitriles is 1. The van der Waals surface area contributed by atoms with Crippen LogP contribution in [0.3, 0.4) is 0 Å². The van der Waals surface area contributed by atoms with Gasteiger partial charge in [-0.2, -0.15) is 5.26 Å². The van der Waals surface area contributed by atoms with Gasteiger partial charge in [-0.15, -0.1) is 0 Å². The molecule has 0 heterocycles.